The lowest BCUT2D eigenvalue weighted by Gasteiger charge is -2.24. The molecule has 2 amide bonds. The molecule has 4 rings (SSSR count). The summed E-state index contributed by atoms with van der Waals surface area (Å²) in [6, 6.07) is 16.7. The molecule has 3 aromatic rings. The molecule has 1 aliphatic heterocycles. The lowest BCUT2D eigenvalue weighted by Crippen LogP contribution is -2.38. The number of aromatic nitrogens is 2. The summed E-state index contributed by atoms with van der Waals surface area (Å²) in [5.74, 6) is 0.122. The molecule has 0 radical (unpaired) electrons. The fraction of sp³-hybridized carbons (Fsp3) is 0.370. The first-order valence-electron chi connectivity index (χ1n) is 11.7. The van der Waals surface area contributed by atoms with Gasteiger partial charge in [-0.3, -0.25) is 9.59 Å². The first-order chi connectivity index (χ1) is 16.0. The van der Waals surface area contributed by atoms with Crippen molar-refractivity contribution in [2.75, 3.05) is 26.2 Å². The van der Waals surface area contributed by atoms with Crippen LogP contribution >= 0.6 is 0 Å². The van der Waals surface area contributed by atoms with Crippen LogP contribution < -0.4 is 0 Å². The number of carbonyl (C=O) groups excluding carboxylic acids is 2. The van der Waals surface area contributed by atoms with Crippen molar-refractivity contribution in [1.82, 2.24) is 19.4 Å². The third-order valence-electron chi connectivity index (χ3n) is 6.38. The third-order valence-corrected chi connectivity index (χ3v) is 6.38. The molecule has 0 N–H and O–H groups in total. The van der Waals surface area contributed by atoms with Gasteiger partial charge >= 0.3 is 0 Å². The van der Waals surface area contributed by atoms with Gasteiger partial charge in [-0.2, -0.15) is 0 Å². The smallest absolute Gasteiger partial charge is 0.289 e. The molecule has 1 saturated heterocycles. The number of imidazole rings is 1. The Morgan fingerprint density at radius 2 is 1.85 bits per heavy atom. The van der Waals surface area contributed by atoms with Gasteiger partial charge in [0.15, 0.2) is 5.82 Å². The summed E-state index contributed by atoms with van der Waals surface area (Å²) in [5.41, 5.74) is 4.62. The second-order valence-electron chi connectivity index (χ2n) is 8.86. The number of hydrogen-bond acceptors (Lipinski definition) is 3. The summed E-state index contributed by atoms with van der Waals surface area (Å²) in [6.07, 6.45) is 4.89. The monoisotopic (exact) mass is 444 g/mol. The van der Waals surface area contributed by atoms with Gasteiger partial charge in [0, 0.05) is 45.6 Å². The Morgan fingerprint density at radius 1 is 1.09 bits per heavy atom. The van der Waals surface area contributed by atoms with Crippen LogP contribution in [0.25, 0.3) is 11.1 Å². The van der Waals surface area contributed by atoms with Crippen LogP contribution in [-0.2, 0) is 18.3 Å². The van der Waals surface area contributed by atoms with Crippen molar-refractivity contribution >= 4 is 11.8 Å². The van der Waals surface area contributed by atoms with Crippen molar-refractivity contribution in [1.29, 1.82) is 0 Å². The maximum absolute atomic E-state index is 13.5. The first-order valence-corrected chi connectivity index (χ1v) is 11.7. The summed E-state index contributed by atoms with van der Waals surface area (Å²) in [6.45, 7) is 6.34. The zero-order valence-electron chi connectivity index (χ0n) is 19.7. The molecule has 0 unspecified atom stereocenters. The molecule has 2 heterocycles. The van der Waals surface area contributed by atoms with Gasteiger partial charge in [-0.25, -0.2) is 4.98 Å². The van der Waals surface area contributed by atoms with E-state index in [-0.39, 0.29) is 17.7 Å². The Labute approximate surface area is 195 Å². The van der Waals surface area contributed by atoms with Crippen molar-refractivity contribution in [2.45, 2.75) is 26.7 Å². The normalized spacial score (nSPS) is 16.7. The topological polar surface area (TPSA) is 58.4 Å². The lowest BCUT2D eigenvalue weighted by atomic mass is 9.91. The molecule has 0 aliphatic carbocycles. The van der Waals surface area contributed by atoms with E-state index in [1.165, 1.54) is 5.56 Å². The van der Waals surface area contributed by atoms with E-state index in [0.29, 0.717) is 38.4 Å². The van der Waals surface area contributed by atoms with E-state index in [9.17, 15) is 9.59 Å². The van der Waals surface area contributed by atoms with Crippen LogP contribution in [0.1, 0.15) is 35.1 Å². The SMILES string of the molecule is CCCN1CCN(C(=O)c2nccn2C)C[C@@H](Cc2ccccc2-c2ccc(C)cc2)C1=O. The van der Waals surface area contributed by atoms with Crippen molar-refractivity contribution in [3.63, 3.8) is 0 Å². The molecule has 1 fully saturated rings. The van der Waals surface area contributed by atoms with Crippen LogP contribution in [0, 0.1) is 12.8 Å². The highest BCUT2D eigenvalue weighted by Gasteiger charge is 2.33. The van der Waals surface area contributed by atoms with E-state index in [1.54, 1.807) is 21.9 Å². The van der Waals surface area contributed by atoms with Gasteiger partial charge in [0.2, 0.25) is 5.91 Å². The van der Waals surface area contributed by atoms with Gasteiger partial charge in [-0.1, -0.05) is 61.0 Å². The highest BCUT2D eigenvalue weighted by atomic mass is 16.2. The molecule has 33 heavy (non-hydrogen) atoms. The number of hydrogen-bond donors (Lipinski definition) is 0. The standard InChI is InChI=1S/C27H32N4O2/c1-4-14-30-16-17-31(27(33)25-28-13-15-29(25)3)19-23(26(30)32)18-22-7-5-6-8-24(22)21-11-9-20(2)10-12-21/h5-13,15,23H,4,14,16-19H2,1-3H3/t23-/m1/s1. The van der Waals surface area contributed by atoms with Gasteiger partial charge in [0.05, 0.1) is 5.92 Å². The molecule has 0 saturated carbocycles. The Kier molecular flexibility index (Phi) is 6.92. The molecule has 6 nitrogen and oxygen atoms in total. The van der Waals surface area contributed by atoms with Crippen LogP contribution in [0.15, 0.2) is 60.9 Å². The Bertz CT molecular complexity index is 1120. The molecule has 0 bridgehead atoms. The Balaban J connectivity index is 1.64. The molecule has 2 aromatic carbocycles. The quantitative estimate of drug-likeness (QED) is 0.579. The fourth-order valence-electron chi connectivity index (χ4n) is 4.57. The van der Waals surface area contributed by atoms with Crippen LogP contribution in [0.4, 0.5) is 0 Å². The number of aryl methyl sites for hydroxylation is 2. The zero-order chi connectivity index (χ0) is 23.4. The third kappa shape index (κ3) is 5.00. The fourth-order valence-corrected chi connectivity index (χ4v) is 4.57. The largest absolute Gasteiger partial charge is 0.341 e. The Hall–Kier alpha value is -3.41. The van der Waals surface area contributed by atoms with Gasteiger partial charge in [-0.15, -0.1) is 0 Å². The van der Waals surface area contributed by atoms with E-state index in [4.69, 9.17) is 0 Å². The van der Waals surface area contributed by atoms with E-state index in [1.807, 2.05) is 24.1 Å². The lowest BCUT2D eigenvalue weighted by molar-refractivity contribution is -0.134. The average molecular weight is 445 g/mol. The average Bonchev–Trinajstić information content (AvgIpc) is 3.19. The number of rotatable bonds is 6. The molecular formula is C27H32N4O2. The highest BCUT2D eigenvalue weighted by Crippen LogP contribution is 2.28. The zero-order valence-corrected chi connectivity index (χ0v) is 19.7. The second kappa shape index (κ2) is 10.0. The van der Waals surface area contributed by atoms with Gasteiger partial charge in [0.25, 0.3) is 5.91 Å². The van der Waals surface area contributed by atoms with Gasteiger partial charge in [-0.05, 0) is 36.5 Å². The van der Waals surface area contributed by atoms with Crippen molar-refractivity contribution in [3.05, 3.63) is 77.9 Å². The number of benzene rings is 2. The molecule has 1 atom stereocenters. The molecular weight excluding hydrogens is 412 g/mol. The minimum Gasteiger partial charge on any atom is -0.341 e. The number of nitrogens with zero attached hydrogens (tertiary/aromatic N) is 4. The van der Waals surface area contributed by atoms with E-state index in [0.717, 1.165) is 23.1 Å². The van der Waals surface area contributed by atoms with E-state index >= 15 is 0 Å². The Morgan fingerprint density at radius 3 is 2.55 bits per heavy atom. The highest BCUT2D eigenvalue weighted by molar-refractivity contribution is 5.92. The molecule has 6 heteroatoms. The maximum Gasteiger partial charge on any atom is 0.289 e. The van der Waals surface area contributed by atoms with Gasteiger partial charge < -0.3 is 14.4 Å². The van der Waals surface area contributed by atoms with E-state index < -0.39 is 0 Å². The summed E-state index contributed by atoms with van der Waals surface area (Å²) in [7, 11) is 1.82. The van der Waals surface area contributed by atoms with Crippen LogP contribution in [0.5, 0.6) is 0 Å². The molecule has 0 spiro atoms. The van der Waals surface area contributed by atoms with Crippen LogP contribution in [0.3, 0.4) is 0 Å². The second-order valence-corrected chi connectivity index (χ2v) is 8.86. The molecule has 1 aliphatic rings. The van der Waals surface area contributed by atoms with Crippen LogP contribution in [0.2, 0.25) is 0 Å². The summed E-state index contributed by atoms with van der Waals surface area (Å²) < 4.78 is 1.74. The van der Waals surface area contributed by atoms with Crippen molar-refractivity contribution < 1.29 is 9.59 Å². The molecule has 172 valence electrons. The van der Waals surface area contributed by atoms with Crippen molar-refractivity contribution in [2.24, 2.45) is 13.0 Å². The van der Waals surface area contributed by atoms with Crippen LogP contribution in [-0.4, -0.2) is 57.3 Å². The predicted octanol–water partition coefficient (Wildman–Crippen LogP) is 3.95. The summed E-state index contributed by atoms with van der Waals surface area (Å²) in [5, 5.41) is 0. The first kappa shape index (κ1) is 22.8. The van der Waals surface area contributed by atoms with Crippen molar-refractivity contribution in [3.8, 4) is 11.1 Å². The van der Waals surface area contributed by atoms with E-state index in [2.05, 4.69) is 55.2 Å². The molecule has 1 aromatic heterocycles. The summed E-state index contributed by atoms with van der Waals surface area (Å²) in [4.78, 5) is 34.7. The number of carbonyl (C=O) groups is 2. The minimum absolute atomic E-state index is 0.120. The number of amides is 2. The van der Waals surface area contributed by atoms with Gasteiger partial charge in [0.1, 0.15) is 0 Å². The summed E-state index contributed by atoms with van der Waals surface area (Å²) >= 11 is 0. The maximum atomic E-state index is 13.5. The minimum atomic E-state index is -0.296. The predicted molar refractivity (Wildman–Crippen MR) is 130 cm³/mol.